The van der Waals surface area contributed by atoms with Gasteiger partial charge in [0, 0.05) is 0 Å². The average Bonchev–Trinajstić information content (AvgIpc) is 2.81. The number of hydrogen-bond acceptors (Lipinski definition) is 7. The number of carbonyl (C=O) groups excluding carboxylic acids is 4. The van der Waals surface area contributed by atoms with E-state index in [2.05, 4.69) is 22.9 Å². The Morgan fingerprint density at radius 3 is 1.81 bits per heavy atom. The van der Waals surface area contributed by atoms with E-state index in [0.717, 1.165) is 32.1 Å². The minimum atomic E-state index is -1.28. The van der Waals surface area contributed by atoms with Crippen molar-refractivity contribution in [3.8, 4) is 0 Å². The van der Waals surface area contributed by atoms with Crippen LogP contribution in [0.5, 0.6) is 0 Å². The van der Waals surface area contributed by atoms with Crippen LogP contribution >= 0.6 is 0 Å². The molecule has 0 saturated heterocycles. The minimum Gasteiger partial charge on any atom is -0.467 e. The van der Waals surface area contributed by atoms with Crippen LogP contribution in [-0.4, -0.2) is 66.2 Å². The van der Waals surface area contributed by atoms with Gasteiger partial charge in [-0.2, -0.15) is 0 Å². The molecule has 0 bridgehead atoms. The van der Waals surface area contributed by atoms with Gasteiger partial charge in [-0.05, 0) is 38.0 Å². The number of nitrogens with one attached hydrogen (secondary N) is 3. The summed E-state index contributed by atoms with van der Waals surface area (Å²) in [6.45, 7) is 11.2. The fourth-order valence-electron chi connectivity index (χ4n) is 4.04. The number of rotatable bonds is 19. The van der Waals surface area contributed by atoms with Gasteiger partial charge in [0.1, 0.15) is 18.1 Å². The van der Waals surface area contributed by atoms with Crippen molar-refractivity contribution in [3.05, 3.63) is 0 Å². The average molecular weight is 529 g/mol. The molecule has 0 unspecified atom stereocenters. The molecule has 0 radical (unpaired) electrons. The summed E-state index contributed by atoms with van der Waals surface area (Å²) in [6, 6.07) is -3.90. The Morgan fingerprint density at radius 2 is 1.30 bits per heavy atom. The first-order valence-electron chi connectivity index (χ1n) is 13.8. The molecule has 6 N–H and O–H groups in total. The molecule has 216 valence electrons. The van der Waals surface area contributed by atoms with Crippen molar-refractivity contribution in [2.24, 2.45) is 17.6 Å². The zero-order valence-corrected chi connectivity index (χ0v) is 24.0. The molecule has 0 aromatic rings. The van der Waals surface area contributed by atoms with E-state index in [4.69, 9.17) is 10.5 Å². The van der Waals surface area contributed by atoms with Gasteiger partial charge in [0.2, 0.25) is 17.7 Å². The van der Waals surface area contributed by atoms with Crippen molar-refractivity contribution in [2.45, 2.75) is 130 Å². The molecule has 0 aliphatic heterocycles. The number of esters is 1. The van der Waals surface area contributed by atoms with Crippen molar-refractivity contribution >= 4 is 23.7 Å². The highest BCUT2D eigenvalue weighted by molar-refractivity contribution is 5.94. The molecule has 10 nitrogen and oxygen atoms in total. The molecule has 37 heavy (non-hydrogen) atoms. The lowest BCUT2D eigenvalue weighted by Gasteiger charge is -2.27. The molecule has 0 spiro atoms. The second-order valence-electron chi connectivity index (χ2n) is 10.8. The first kappa shape index (κ1) is 34.8. The molecule has 0 aromatic heterocycles. The first-order chi connectivity index (χ1) is 17.3. The number of methoxy groups -OCH3 is 1. The van der Waals surface area contributed by atoms with Gasteiger partial charge in [0.05, 0.1) is 19.3 Å². The molecule has 10 heteroatoms. The summed E-state index contributed by atoms with van der Waals surface area (Å²) in [6.07, 6.45) is 6.18. The predicted octanol–water partition coefficient (Wildman–Crippen LogP) is 2.16. The highest BCUT2D eigenvalue weighted by atomic mass is 16.5. The van der Waals surface area contributed by atoms with Crippen LogP contribution < -0.4 is 21.7 Å². The van der Waals surface area contributed by atoms with Crippen molar-refractivity contribution in [1.29, 1.82) is 0 Å². The van der Waals surface area contributed by atoms with Crippen molar-refractivity contribution in [1.82, 2.24) is 16.0 Å². The molecule has 0 aromatic carbocycles. The van der Waals surface area contributed by atoms with Crippen LogP contribution in [0, 0.1) is 11.8 Å². The lowest BCUT2D eigenvalue weighted by molar-refractivity contribution is -0.145. The second-order valence-corrected chi connectivity index (χ2v) is 10.8. The van der Waals surface area contributed by atoms with Crippen LogP contribution in [0.15, 0.2) is 0 Å². The van der Waals surface area contributed by atoms with E-state index >= 15 is 0 Å². The number of ether oxygens (including phenoxy) is 1. The number of aliphatic hydroxyl groups is 1. The molecule has 5 atom stereocenters. The summed E-state index contributed by atoms with van der Waals surface area (Å²) < 4.78 is 4.88. The monoisotopic (exact) mass is 528 g/mol. The maximum absolute atomic E-state index is 13.2. The zero-order chi connectivity index (χ0) is 28.5. The van der Waals surface area contributed by atoms with Crippen molar-refractivity contribution in [3.63, 3.8) is 0 Å². The number of nitrogens with two attached hydrogens (primary N) is 1. The third kappa shape index (κ3) is 15.0. The van der Waals surface area contributed by atoms with Gasteiger partial charge < -0.3 is 31.5 Å². The summed E-state index contributed by atoms with van der Waals surface area (Å²) in [5, 5.41) is 18.1. The number of unbranched alkanes of at least 4 members (excludes halogenated alkanes) is 5. The maximum Gasteiger partial charge on any atom is 0.328 e. The highest BCUT2D eigenvalue weighted by Crippen LogP contribution is 2.12. The molecule has 0 aliphatic rings. The molecule has 0 fully saturated rings. The van der Waals surface area contributed by atoms with Gasteiger partial charge in [0.25, 0.3) is 0 Å². The van der Waals surface area contributed by atoms with Gasteiger partial charge in [-0.15, -0.1) is 0 Å². The third-order valence-corrected chi connectivity index (χ3v) is 6.11. The van der Waals surface area contributed by atoms with Crippen LogP contribution in [0.1, 0.15) is 99.3 Å². The lowest BCUT2D eigenvalue weighted by atomic mass is 10.0. The van der Waals surface area contributed by atoms with Gasteiger partial charge in [-0.1, -0.05) is 73.1 Å². The third-order valence-electron chi connectivity index (χ3n) is 6.11. The van der Waals surface area contributed by atoms with Crippen LogP contribution in [0.4, 0.5) is 0 Å². The quantitative estimate of drug-likeness (QED) is 0.127. The molecular formula is C27H52N4O6. The molecule has 3 amide bonds. The Kier molecular flexibility index (Phi) is 17.8. The van der Waals surface area contributed by atoms with E-state index in [1.54, 1.807) is 0 Å². The van der Waals surface area contributed by atoms with E-state index in [-0.39, 0.29) is 11.8 Å². The Morgan fingerprint density at radius 1 is 0.757 bits per heavy atom. The Bertz CT molecular complexity index is 698. The molecule has 0 rings (SSSR count). The number of amides is 3. The standard InChI is InChI=1S/C27H52N4O6/c1-8-9-10-11-12-13-14-21(27(36)37-7)29-25(34)22(16-18(4)5)30-26(35)23(19(6)32)31-24(33)20(28)15-17(2)3/h17-23,32H,8-16,28H2,1-7H3,(H,29,34)(H,30,35)(H,31,33)/t19-,20-,21-,22-,23+/m1/s1. The summed E-state index contributed by atoms with van der Waals surface area (Å²) in [5.41, 5.74) is 5.92. The second kappa shape index (κ2) is 19.0. The maximum atomic E-state index is 13.2. The van der Waals surface area contributed by atoms with E-state index in [0.29, 0.717) is 19.3 Å². The number of carbonyl (C=O) groups is 4. The zero-order valence-electron chi connectivity index (χ0n) is 24.0. The summed E-state index contributed by atoms with van der Waals surface area (Å²) in [5.74, 6) is -2.08. The van der Waals surface area contributed by atoms with Crippen molar-refractivity contribution < 1.29 is 29.0 Å². The van der Waals surface area contributed by atoms with Crippen LogP contribution in [0.3, 0.4) is 0 Å². The first-order valence-corrected chi connectivity index (χ1v) is 13.8. The smallest absolute Gasteiger partial charge is 0.328 e. The SMILES string of the molecule is CCCCCCCC[C@@H](NC(=O)[C@@H](CC(C)C)NC(=O)[C@@H](NC(=O)[C@H](N)CC(C)C)[C@@H](C)O)C(=O)OC. The number of aliphatic hydroxyl groups excluding tert-OH is 1. The minimum absolute atomic E-state index is 0.0465. The van der Waals surface area contributed by atoms with Gasteiger partial charge in [-0.25, -0.2) is 4.79 Å². The topological polar surface area (TPSA) is 160 Å². The molecule has 0 heterocycles. The fraction of sp³-hybridized carbons (Fsp3) is 0.852. The van der Waals surface area contributed by atoms with Crippen LogP contribution in [0.2, 0.25) is 0 Å². The largest absolute Gasteiger partial charge is 0.467 e. The molecule has 0 saturated carbocycles. The van der Waals surface area contributed by atoms with E-state index < -0.39 is 54.0 Å². The highest BCUT2D eigenvalue weighted by Gasteiger charge is 2.33. The lowest BCUT2D eigenvalue weighted by Crippen LogP contribution is -2.60. The van der Waals surface area contributed by atoms with Crippen LogP contribution in [-0.2, 0) is 23.9 Å². The van der Waals surface area contributed by atoms with Gasteiger partial charge >= 0.3 is 5.97 Å². The Balaban J connectivity index is 5.36. The molecule has 0 aliphatic carbocycles. The predicted molar refractivity (Wildman–Crippen MR) is 144 cm³/mol. The Hall–Kier alpha value is -2.20. The van der Waals surface area contributed by atoms with E-state index in [1.807, 2.05) is 27.7 Å². The van der Waals surface area contributed by atoms with Gasteiger partial charge in [-0.3, -0.25) is 14.4 Å². The molecular weight excluding hydrogens is 476 g/mol. The summed E-state index contributed by atoms with van der Waals surface area (Å²) in [7, 11) is 1.27. The summed E-state index contributed by atoms with van der Waals surface area (Å²) >= 11 is 0. The summed E-state index contributed by atoms with van der Waals surface area (Å²) in [4.78, 5) is 51.0. The van der Waals surface area contributed by atoms with Crippen LogP contribution in [0.25, 0.3) is 0 Å². The van der Waals surface area contributed by atoms with E-state index in [9.17, 15) is 24.3 Å². The van der Waals surface area contributed by atoms with Crippen molar-refractivity contribution in [2.75, 3.05) is 7.11 Å². The normalized spacial score (nSPS) is 15.4. The fourth-order valence-corrected chi connectivity index (χ4v) is 4.04. The Labute approximate surface area is 223 Å². The van der Waals surface area contributed by atoms with E-state index in [1.165, 1.54) is 20.5 Å². The number of hydrogen-bond donors (Lipinski definition) is 5. The van der Waals surface area contributed by atoms with Gasteiger partial charge in [0.15, 0.2) is 0 Å².